The van der Waals surface area contributed by atoms with Gasteiger partial charge in [-0.1, -0.05) is 5.11 Å². The molecule has 0 saturated carbocycles. The van der Waals surface area contributed by atoms with Gasteiger partial charge in [-0.15, -0.1) is 0 Å². The van der Waals surface area contributed by atoms with Gasteiger partial charge in [0.2, 0.25) is 12.2 Å². The van der Waals surface area contributed by atoms with Crippen LogP contribution in [0.4, 0.5) is 0 Å². The lowest BCUT2D eigenvalue weighted by Gasteiger charge is -2.43. The Balaban J connectivity index is 2.45. The number of nitrogens with zero attached hydrogens (tertiary/aromatic N) is 4. The molecule has 1 aromatic rings. The molecule has 13 heteroatoms. The summed E-state index contributed by atoms with van der Waals surface area (Å²) < 4.78 is 27.5. The third kappa shape index (κ3) is 6.31. The maximum atomic E-state index is 11.7. The molecular weight excluding hydrogens is 468 g/mol. The standard InChI is InChI=1S/C17H19BrN4O8/c1-8(23)26-7-12-14(27-9(2)24)15(28-10(3)25)13(21-22-19)17(29-12)30-16-11(18)5-4-6-20-16/h4-6,12-15,17H,7H2,1-3H3. The summed E-state index contributed by atoms with van der Waals surface area (Å²) in [5, 5.41) is 3.62. The van der Waals surface area contributed by atoms with Crippen molar-refractivity contribution in [3.05, 3.63) is 33.2 Å². The molecule has 0 aromatic carbocycles. The Morgan fingerprint density at radius 3 is 2.43 bits per heavy atom. The van der Waals surface area contributed by atoms with Crippen molar-refractivity contribution >= 4 is 33.8 Å². The van der Waals surface area contributed by atoms with Crippen molar-refractivity contribution < 1.29 is 38.1 Å². The van der Waals surface area contributed by atoms with Gasteiger partial charge in [-0.3, -0.25) is 14.4 Å². The molecule has 30 heavy (non-hydrogen) atoms. The van der Waals surface area contributed by atoms with Crippen molar-refractivity contribution in [3.63, 3.8) is 0 Å². The van der Waals surface area contributed by atoms with E-state index in [-0.39, 0.29) is 12.5 Å². The highest BCUT2D eigenvalue weighted by Crippen LogP contribution is 2.32. The van der Waals surface area contributed by atoms with Crippen LogP contribution in [0.1, 0.15) is 20.8 Å². The summed E-state index contributed by atoms with van der Waals surface area (Å²) in [6, 6.07) is 2.08. The number of rotatable bonds is 7. The summed E-state index contributed by atoms with van der Waals surface area (Å²) in [4.78, 5) is 41.4. The molecule has 1 aliphatic rings. The van der Waals surface area contributed by atoms with E-state index in [0.29, 0.717) is 4.47 Å². The van der Waals surface area contributed by atoms with Crippen molar-refractivity contribution in [2.24, 2.45) is 5.11 Å². The molecule has 5 unspecified atom stereocenters. The number of carbonyl (C=O) groups is 3. The number of hydrogen-bond acceptors (Lipinski definition) is 10. The van der Waals surface area contributed by atoms with E-state index in [1.54, 1.807) is 12.1 Å². The molecular formula is C17H19BrN4O8. The van der Waals surface area contributed by atoms with E-state index in [2.05, 4.69) is 30.9 Å². The lowest BCUT2D eigenvalue weighted by atomic mass is 9.97. The summed E-state index contributed by atoms with van der Waals surface area (Å²) in [6.07, 6.45) is -3.42. The van der Waals surface area contributed by atoms with E-state index in [9.17, 15) is 14.4 Å². The lowest BCUT2D eigenvalue weighted by Crippen LogP contribution is -2.62. The Morgan fingerprint density at radius 1 is 1.20 bits per heavy atom. The molecule has 0 radical (unpaired) electrons. The summed E-state index contributed by atoms with van der Waals surface area (Å²) in [5.41, 5.74) is 9.02. The lowest BCUT2D eigenvalue weighted by molar-refractivity contribution is -0.253. The summed E-state index contributed by atoms with van der Waals surface area (Å²) in [5.74, 6) is -1.92. The number of ether oxygens (including phenoxy) is 5. The molecule has 1 aromatic heterocycles. The zero-order valence-corrected chi connectivity index (χ0v) is 17.8. The highest BCUT2D eigenvalue weighted by atomic mass is 79.9. The van der Waals surface area contributed by atoms with Gasteiger partial charge in [0.1, 0.15) is 18.8 Å². The average molecular weight is 487 g/mol. The van der Waals surface area contributed by atoms with Crippen molar-refractivity contribution in [2.45, 2.75) is 51.4 Å². The largest absolute Gasteiger partial charge is 0.463 e. The van der Waals surface area contributed by atoms with Crippen molar-refractivity contribution in [3.8, 4) is 5.88 Å². The van der Waals surface area contributed by atoms with Gasteiger partial charge in [-0.05, 0) is 33.6 Å². The fourth-order valence-electron chi connectivity index (χ4n) is 2.73. The summed E-state index contributed by atoms with van der Waals surface area (Å²) in [6.45, 7) is 3.13. The van der Waals surface area contributed by atoms with E-state index in [0.717, 1.165) is 13.8 Å². The molecule has 0 spiro atoms. The van der Waals surface area contributed by atoms with E-state index >= 15 is 0 Å². The molecule has 2 heterocycles. The van der Waals surface area contributed by atoms with Crippen molar-refractivity contribution in [1.29, 1.82) is 0 Å². The van der Waals surface area contributed by atoms with Crippen molar-refractivity contribution in [1.82, 2.24) is 4.98 Å². The predicted octanol–water partition coefficient (Wildman–Crippen LogP) is 2.05. The molecule has 162 valence electrons. The molecule has 0 N–H and O–H groups in total. The normalized spacial score (nSPS) is 25.4. The molecule has 1 fully saturated rings. The fraction of sp³-hybridized carbons (Fsp3) is 0.529. The van der Waals surface area contributed by atoms with Gasteiger partial charge in [0.15, 0.2) is 12.2 Å². The zero-order valence-electron chi connectivity index (χ0n) is 16.3. The number of aromatic nitrogens is 1. The molecule has 5 atom stereocenters. The third-order valence-corrected chi connectivity index (χ3v) is 4.41. The Morgan fingerprint density at radius 2 is 1.87 bits per heavy atom. The van der Waals surface area contributed by atoms with Crippen LogP contribution in [0.2, 0.25) is 0 Å². The van der Waals surface area contributed by atoms with Crippen LogP contribution in [0.3, 0.4) is 0 Å². The van der Waals surface area contributed by atoms with Gasteiger partial charge in [-0.25, -0.2) is 4.98 Å². The van der Waals surface area contributed by atoms with E-state index < -0.39 is 48.6 Å². The van der Waals surface area contributed by atoms with Gasteiger partial charge in [0.25, 0.3) is 0 Å². The van der Waals surface area contributed by atoms with E-state index in [1.165, 1.54) is 13.1 Å². The van der Waals surface area contributed by atoms with Crippen LogP contribution in [0, 0.1) is 0 Å². The average Bonchev–Trinajstić information content (AvgIpc) is 2.66. The second kappa shape index (κ2) is 10.8. The van der Waals surface area contributed by atoms with Gasteiger partial charge < -0.3 is 23.7 Å². The van der Waals surface area contributed by atoms with Gasteiger partial charge >= 0.3 is 17.9 Å². The van der Waals surface area contributed by atoms with Crippen molar-refractivity contribution in [2.75, 3.05) is 6.61 Å². The molecule has 0 bridgehead atoms. The number of pyridine rings is 1. The number of carbonyl (C=O) groups excluding carboxylic acids is 3. The first kappa shape index (κ1) is 23.4. The van der Waals surface area contributed by atoms with Crippen LogP contribution < -0.4 is 4.74 Å². The quantitative estimate of drug-likeness (QED) is 0.184. The predicted molar refractivity (Wildman–Crippen MR) is 102 cm³/mol. The van der Waals surface area contributed by atoms with Gasteiger partial charge in [0, 0.05) is 31.9 Å². The second-order valence-corrected chi connectivity index (χ2v) is 6.95. The first-order chi connectivity index (χ1) is 14.2. The van der Waals surface area contributed by atoms with Gasteiger partial charge in [0.05, 0.1) is 4.47 Å². The highest BCUT2D eigenvalue weighted by Gasteiger charge is 2.51. The van der Waals surface area contributed by atoms with Crippen LogP contribution in [-0.2, 0) is 33.3 Å². The Labute approximate surface area is 179 Å². The smallest absolute Gasteiger partial charge is 0.303 e. The Kier molecular flexibility index (Phi) is 8.39. The molecule has 1 aliphatic heterocycles. The molecule has 2 rings (SSSR count). The first-order valence-corrected chi connectivity index (χ1v) is 9.46. The van der Waals surface area contributed by atoms with Crippen LogP contribution in [0.15, 0.2) is 27.9 Å². The molecule has 1 saturated heterocycles. The third-order valence-electron chi connectivity index (χ3n) is 3.81. The number of hydrogen-bond donors (Lipinski definition) is 0. The minimum Gasteiger partial charge on any atom is -0.463 e. The van der Waals surface area contributed by atoms with Gasteiger partial charge in [-0.2, -0.15) is 0 Å². The maximum absolute atomic E-state index is 11.7. The molecule has 12 nitrogen and oxygen atoms in total. The van der Waals surface area contributed by atoms with E-state index in [1.807, 2.05) is 0 Å². The van der Waals surface area contributed by atoms with Crippen LogP contribution in [0.5, 0.6) is 5.88 Å². The topological polar surface area (TPSA) is 159 Å². The summed E-state index contributed by atoms with van der Waals surface area (Å²) in [7, 11) is 0. The van der Waals surface area contributed by atoms with E-state index in [4.69, 9.17) is 29.2 Å². The fourth-order valence-corrected chi connectivity index (χ4v) is 3.08. The summed E-state index contributed by atoms with van der Waals surface area (Å²) >= 11 is 3.28. The SMILES string of the molecule is CC(=O)OCC1OC(Oc2ncccc2Br)C(N=[N+]=[N-])C(OC(C)=O)C1OC(C)=O. The molecule has 0 amide bonds. The van der Waals surface area contributed by atoms with Crippen LogP contribution in [0.25, 0.3) is 10.4 Å². The number of esters is 3. The number of azide groups is 1. The van der Waals surface area contributed by atoms with Crippen LogP contribution >= 0.6 is 15.9 Å². The molecule has 0 aliphatic carbocycles. The maximum Gasteiger partial charge on any atom is 0.303 e. The zero-order chi connectivity index (χ0) is 22.3. The monoisotopic (exact) mass is 486 g/mol. The minimum absolute atomic E-state index is 0.111. The first-order valence-electron chi connectivity index (χ1n) is 8.67. The Bertz CT molecular complexity index is 847. The Hall–Kier alpha value is -2.89. The highest BCUT2D eigenvalue weighted by molar-refractivity contribution is 9.10. The second-order valence-electron chi connectivity index (χ2n) is 6.10. The van der Waals surface area contributed by atoms with Crippen LogP contribution in [-0.4, -0.2) is 60.1 Å². The minimum atomic E-state index is -1.30. The number of halogens is 1.